The third-order valence-corrected chi connectivity index (χ3v) is 5.96. The van der Waals surface area contributed by atoms with Crippen LogP contribution in [0.15, 0.2) is 85.5 Å². The molecule has 0 atom stereocenters. The summed E-state index contributed by atoms with van der Waals surface area (Å²) in [4.78, 5) is 12.6. The minimum Gasteiger partial charge on any atom is -0.489 e. The number of sulfonamides is 1. The van der Waals surface area contributed by atoms with Crippen molar-refractivity contribution in [1.29, 1.82) is 5.26 Å². The number of hydrogen-bond acceptors (Lipinski definition) is 5. The van der Waals surface area contributed by atoms with Crippen molar-refractivity contribution in [1.82, 2.24) is 4.72 Å². The van der Waals surface area contributed by atoms with Crippen molar-refractivity contribution in [2.24, 2.45) is 0 Å². The first kappa shape index (κ1) is 23.7. The summed E-state index contributed by atoms with van der Waals surface area (Å²) in [5, 5.41) is 12.0. The van der Waals surface area contributed by atoms with Crippen LogP contribution in [0.5, 0.6) is 5.75 Å². The Morgan fingerprint density at radius 1 is 1.06 bits per heavy atom. The Kier molecular flexibility index (Phi) is 7.97. The standard InChI is InChI=1S/C25H23N3O4S/c1-2-14-27-33(30,31)18-19-10-12-23(13-11-19)28-25(29)20-8-5-9-24(15-20)32-17-22-7-4-3-6-21(22)16-26/h2-13,15,27H,1,14,17-18H2,(H,28,29). The average Bonchev–Trinajstić information content (AvgIpc) is 2.83. The average molecular weight is 462 g/mol. The molecule has 0 unspecified atom stereocenters. The van der Waals surface area contributed by atoms with Crippen LogP contribution in [0, 0.1) is 11.3 Å². The van der Waals surface area contributed by atoms with Gasteiger partial charge in [0.25, 0.3) is 5.91 Å². The van der Waals surface area contributed by atoms with Gasteiger partial charge in [-0.05, 0) is 42.0 Å². The zero-order chi connectivity index (χ0) is 23.7. The Bertz CT molecular complexity index is 1280. The van der Waals surface area contributed by atoms with Gasteiger partial charge in [0, 0.05) is 23.4 Å². The molecule has 0 aliphatic heterocycles. The van der Waals surface area contributed by atoms with Crippen LogP contribution in [0.4, 0.5) is 5.69 Å². The molecule has 0 heterocycles. The minimum absolute atomic E-state index is 0.163. The molecular weight excluding hydrogens is 438 g/mol. The summed E-state index contributed by atoms with van der Waals surface area (Å²) < 4.78 is 32.1. The highest BCUT2D eigenvalue weighted by Crippen LogP contribution is 2.18. The molecule has 0 saturated heterocycles. The lowest BCUT2D eigenvalue weighted by Crippen LogP contribution is -2.25. The monoisotopic (exact) mass is 461 g/mol. The number of anilines is 1. The Labute approximate surface area is 193 Å². The number of hydrogen-bond donors (Lipinski definition) is 2. The van der Waals surface area contributed by atoms with Crippen molar-refractivity contribution in [2.75, 3.05) is 11.9 Å². The van der Waals surface area contributed by atoms with E-state index in [-0.39, 0.29) is 24.8 Å². The summed E-state index contributed by atoms with van der Waals surface area (Å²) in [6.45, 7) is 3.86. The van der Waals surface area contributed by atoms with Crippen molar-refractivity contribution in [2.45, 2.75) is 12.4 Å². The van der Waals surface area contributed by atoms with Crippen molar-refractivity contribution in [3.63, 3.8) is 0 Å². The quantitative estimate of drug-likeness (QED) is 0.444. The molecule has 2 N–H and O–H groups in total. The molecule has 33 heavy (non-hydrogen) atoms. The van der Waals surface area contributed by atoms with Crippen LogP contribution in [0.1, 0.15) is 27.0 Å². The second kappa shape index (κ2) is 11.1. The van der Waals surface area contributed by atoms with E-state index < -0.39 is 10.0 Å². The molecule has 3 rings (SSSR count). The maximum Gasteiger partial charge on any atom is 0.255 e. The van der Waals surface area contributed by atoms with Gasteiger partial charge >= 0.3 is 0 Å². The summed E-state index contributed by atoms with van der Waals surface area (Å²) >= 11 is 0. The van der Waals surface area contributed by atoms with Crippen LogP contribution in [0.3, 0.4) is 0 Å². The number of carbonyl (C=O) groups is 1. The molecule has 1 amide bonds. The zero-order valence-corrected chi connectivity index (χ0v) is 18.6. The molecule has 0 bridgehead atoms. The van der Waals surface area contributed by atoms with E-state index >= 15 is 0 Å². The van der Waals surface area contributed by atoms with Crippen molar-refractivity contribution < 1.29 is 17.9 Å². The molecule has 0 fully saturated rings. The van der Waals surface area contributed by atoms with Gasteiger partial charge in [-0.25, -0.2) is 13.1 Å². The van der Waals surface area contributed by atoms with Gasteiger partial charge in [-0.2, -0.15) is 5.26 Å². The molecule has 3 aromatic carbocycles. The zero-order valence-electron chi connectivity index (χ0n) is 17.8. The number of carbonyl (C=O) groups excluding carboxylic acids is 1. The number of benzene rings is 3. The summed E-state index contributed by atoms with van der Waals surface area (Å²) in [7, 11) is -3.45. The second-order valence-corrected chi connectivity index (χ2v) is 8.94. The predicted molar refractivity (Wildman–Crippen MR) is 127 cm³/mol. The van der Waals surface area contributed by atoms with E-state index in [4.69, 9.17) is 4.74 Å². The highest BCUT2D eigenvalue weighted by molar-refractivity contribution is 7.88. The van der Waals surface area contributed by atoms with Crippen LogP contribution < -0.4 is 14.8 Å². The Morgan fingerprint density at radius 3 is 2.55 bits per heavy atom. The van der Waals surface area contributed by atoms with E-state index in [1.807, 2.05) is 12.1 Å². The van der Waals surface area contributed by atoms with Gasteiger partial charge in [-0.15, -0.1) is 6.58 Å². The van der Waals surface area contributed by atoms with Crippen LogP contribution in [0.2, 0.25) is 0 Å². The molecule has 8 heteroatoms. The fourth-order valence-electron chi connectivity index (χ4n) is 2.99. The summed E-state index contributed by atoms with van der Waals surface area (Å²) in [5.41, 5.74) is 2.84. The SMILES string of the molecule is C=CCNS(=O)(=O)Cc1ccc(NC(=O)c2cccc(OCc3ccccc3C#N)c2)cc1. The van der Waals surface area contributed by atoms with Crippen LogP contribution in [-0.4, -0.2) is 20.9 Å². The first-order valence-electron chi connectivity index (χ1n) is 10.1. The first-order valence-corrected chi connectivity index (χ1v) is 11.7. The summed E-state index contributed by atoms with van der Waals surface area (Å²) in [6, 6.07) is 22.6. The maximum absolute atomic E-state index is 12.6. The van der Waals surface area contributed by atoms with E-state index in [9.17, 15) is 18.5 Å². The van der Waals surface area contributed by atoms with E-state index in [2.05, 4.69) is 22.7 Å². The van der Waals surface area contributed by atoms with E-state index in [0.717, 1.165) is 5.56 Å². The third-order valence-electron chi connectivity index (χ3n) is 4.64. The smallest absolute Gasteiger partial charge is 0.255 e. The molecule has 0 saturated carbocycles. The Balaban J connectivity index is 1.61. The highest BCUT2D eigenvalue weighted by atomic mass is 32.2. The molecule has 0 aromatic heterocycles. The molecule has 3 aromatic rings. The fraction of sp³-hybridized carbons (Fsp3) is 0.120. The maximum atomic E-state index is 12.6. The van der Waals surface area contributed by atoms with Crippen molar-refractivity contribution >= 4 is 21.6 Å². The van der Waals surface area contributed by atoms with E-state index in [0.29, 0.717) is 28.1 Å². The first-order chi connectivity index (χ1) is 15.9. The molecule has 168 valence electrons. The summed E-state index contributed by atoms with van der Waals surface area (Å²) in [6.07, 6.45) is 1.47. The number of rotatable bonds is 10. The van der Waals surface area contributed by atoms with Crippen LogP contribution in [-0.2, 0) is 22.4 Å². The van der Waals surface area contributed by atoms with Gasteiger partial charge < -0.3 is 10.1 Å². The van der Waals surface area contributed by atoms with Crippen LogP contribution in [0.25, 0.3) is 0 Å². The highest BCUT2D eigenvalue weighted by Gasteiger charge is 2.11. The normalized spacial score (nSPS) is 10.8. The van der Waals surface area contributed by atoms with Gasteiger partial charge in [0.2, 0.25) is 10.0 Å². The van der Waals surface area contributed by atoms with Crippen molar-refractivity contribution in [3.8, 4) is 11.8 Å². The lowest BCUT2D eigenvalue weighted by atomic mass is 10.1. The van der Waals surface area contributed by atoms with Gasteiger partial charge in [-0.1, -0.05) is 42.5 Å². The Hall–Kier alpha value is -3.93. The van der Waals surface area contributed by atoms with Crippen molar-refractivity contribution in [3.05, 3.63) is 108 Å². The van der Waals surface area contributed by atoms with Gasteiger partial charge in [0.05, 0.1) is 17.4 Å². The second-order valence-electron chi connectivity index (χ2n) is 7.13. The molecule has 0 radical (unpaired) electrons. The van der Waals surface area contributed by atoms with E-state index in [1.165, 1.54) is 6.08 Å². The van der Waals surface area contributed by atoms with Gasteiger partial charge in [0.1, 0.15) is 12.4 Å². The largest absolute Gasteiger partial charge is 0.489 e. The summed E-state index contributed by atoms with van der Waals surface area (Å²) in [5.74, 6) is 0.0116. The Morgan fingerprint density at radius 2 is 1.82 bits per heavy atom. The lowest BCUT2D eigenvalue weighted by molar-refractivity contribution is 0.102. The number of nitrogens with one attached hydrogen (secondary N) is 2. The fourth-order valence-corrected chi connectivity index (χ4v) is 4.09. The van der Waals surface area contributed by atoms with Gasteiger partial charge in [-0.3, -0.25) is 4.79 Å². The van der Waals surface area contributed by atoms with E-state index in [1.54, 1.807) is 60.7 Å². The number of amides is 1. The molecular formula is C25H23N3O4S. The lowest BCUT2D eigenvalue weighted by Gasteiger charge is -2.10. The molecule has 0 aliphatic rings. The molecule has 7 nitrogen and oxygen atoms in total. The topological polar surface area (TPSA) is 108 Å². The number of nitrogens with zero attached hydrogens (tertiary/aromatic N) is 1. The molecule has 0 spiro atoms. The third kappa shape index (κ3) is 7.04. The number of ether oxygens (including phenoxy) is 1. The predicted octanol–water partition coefficient (Wildman–Crippen LogP) is 3.99. The molecule has 0 aliphatic carbocycles. The minimum atomic E-state index is -3.45. The number of nitriles is 1. The van der Waals surface area contributed by atoms with Gasteiger partial charge in [0.15, 0.2) is 0 Å². The van der Waals surface area contributed by atoms with Crippen LogP contribution >= 0.6 is 0 Å².